The molecule has 0 bridgehead atoms. The van der Waals surface area contributed by atoms with Crippen molar-refractivity contribution in [3.05, 3.63) is 35.9 Å². The number of benzene rings is 1. The highest BCUT2D eigenvalue weighted by Gasteiger charge is 2.16. The topological polar surface area (TPSA) is 77.1 Å². The lowest BCUT2D eigenvalue weighted by atomic mass is 10.2. The van der Waals surface area contributed by atoms with Gasteiger partial charge in [-0.2, -0.15) is 0 Å². The van der Waals surface area contributed by atoms with E-state index in [1.54, 1.807) is 0 Å². The van der Waals surface area contributed by atoms with Gasteiger partial charge in [-0.15, -0.1) is 0 Å². The van der Waals surface area contributed by atoms with Gasteiger partial charge in [0.1, 0.15) is 6.34 Å². The molecule has 0 saturated carbocycles. The van der Waals surface area contributed by atoms with Crippen molar-refractivity contribution in [2.75, 3.05) is 13.2 Å². The number of rotatable bonds is 1. The minimum atomic E-state index is -0.129. The first-order valence-electron chi connectivity index (χ1n) is 4.54. The van der Waals surface area contributed by atoms with Crippen molar-refractivity contribution >= 4 is 6.34 Å². The van der Waals surface area contributed by atoms with Crippen LogP contribution < -0.4 is 5.73 Å². The maximum absolute atomic E-state index is 7.32. The maximum atomic E-state index is 7.32. The lowest BCUT2D eigenvalue weighted by molar-refractivity contribution is -0.0441. The first-order valence-corrected chi connectivity index (χ1v) is 4.54. The Morgan fingerprint density at radius 3 is 2.27 bits per heavy atom. The van der Waals surface area contributed by atoms with Crippen LogP contribution in [0.5, 0.6) is 0 Å². The number of ether oxygens (including phenoxy) is 2. The van der Waals surface area contributed by atoms with E-state index in [0.29, 0.717) is 13.2 Å². The quantitative estimate of drug-likeness (QED) is 0.315. The van der Waals surface area contributed by atoms with Gasteiger partial charge in [0.25, 0.3) is 0 Å². The molecule has 0 aromatic heterocycles. The molecule has 1 aliphatic rings. The highest BCUT2D eigenvalue weighted by atomic mass is 16.7. The largest absolute Gasteiger partial charge is 0.410 e. The Labute approximate surface area is 88.1 Å². The first-order chi connectivity index (χ1) is 7.38. The SMILES string of the molecule is N/C=N/O.c1ccc(C2OCCO2)cc1. The van der Waals surface area contributed by atoms with Crippen LogP contribution in [0.25, 0.3) is 0 Å². The molecule has 1 aromatic carbocycles. The van der Waals surface area contributed by atoms with Gasteiger partial charge in [-0.1, -0.05) is 35.5 Å². The Hall–Kier alpha value is -1.59. The summed E-state index contributed by atoms with van der Waals surface area (Å²) in [6.07, 6.45) is 0.677. The lowest BCUT2D eigenvalue weighted by Gasteiger charge is -2.07. The summed E-state index contributed by atoms with van der Waals surface area (Å²) < 4.78 is 10.6. The predicted molar refractivity (Wildman–Crippen MR) is 55.6 cm³/mol. The Morgan fingerprint density at radius 2 is 1.80 bits per heavy atom. The van der Waals surface area contributed by atoms with Crippen LogP contribution in [-0.4, -0.2) is 24.8 Å². The van der Waals surface area contributed by atoms with Crippen LogP contribution >= 0.6 is 0 Å². The second-order valence-electron chi connectivity index (χ2n) is 2.75. The van der Waals surface area contributed by atoms with Crippen LogP contribution in [0, 0.1) is 0 Å². The fourth-order valence-electron chi connectivity index (χ4n) is 1.16. The average molecular weight is 210 g/mol. The summed E-state index contributed by atoms with van der Waals surface area (Å²) in [4.78, 5) is 0. The molecule has 0 atom stereocenters. The van der Waals surface area contributed by atoms with Gasteiger partial charge in [-0.05, 0) is 0 Å². The zero-order chi connectivity index (χ0) is 10.9. The van der Waals surface area contributed by atoms with Gasteiger partial charge < -0.3 is 20.4 Å². The third kappa shape index (κ3) is 3.97. The molecule has 0 amide bonds. The number of hydrogen-bond acceptors (Lipinski definition) is 4. The zero-order valence-corrected chi connectivity index (χ0v) is 8.24. The summed E-state index contributed by atoms with van der Waals surface area (Å²) in [7, 11) is 0. The molecule has 0 spiro atoms. The summed E-state index contributed by atoms with van der Waals surface area (Å²) in [5.74, 6) is 0. The molecule has 82 valence electrons. The van der Waals surface area contributed by atoms with Gasteiger partial charge in [-0.25, -0.2) is 0 Å². The van der Waals surface area contributed by atoms with Crippen molar-refractivity contribution in [3.63, 3.8) is 0 Å². The van der Waals surface area contributed by atoms with Gasteiger partial charge in [0.2, 0.25) is 0 Å². The van der Waals surface area contributed by atoms with Crippen LogP contribution in [0.3, 0.4) is 0 Å². The second-order valence-corrected chi connectivity index (χ2v) is 2.75. The van der Waals surface area contributed by atoms with Crippen molar-refractivity contribution in [1.29, 1.82) is 0 Å². The van der Waals surface area contributed by atoms with Crippen molar-refractivity contribution in [2.24, 2.45) is 10.9 Å². The summed E-state index contributed by atoms with van der Waals surface area (Å²) in [5.41, 5.74) is 5.59. The highest BCUT2D eigenvalue weighted by Crippen LogP contribution is 2.21. The molecule has 5 heteroatoms. The second kappa shape index (κ2) is 6.80. The van der Waals surface area contributed by atoms with Gasteiger partial charge in [0, 0.05) is 5.56 Å². The Kier molecular flexibility index (Phi) is 5.21. The van der Waals surface area contributed by atoms with Gasteiger partial charge in [0.15, 0.2) is 6.29 Å². The third-order valence-corrected chi connectivity index (χ3v) is 1.76. The van der Waals surface area contributed by atoms with Gasteiger partial charge in [-0.3, -0.25) is 0 Å². The van der Waals surface area contributed by atoms with E-state index >= 15 is 0 Å². The molecular weight excluding hydrogens is 196 g/mol. The van der Waals surface area contributed by atoms with E-state index in [9.17, 15) is 0 Å². The number of hydrogen-bond donors (Lipinski definition) is 2. The first kappa shape index (κ1) is 11.5. The average Bonchev–Trinajstić information content (AvgIpc) is 2.84. The van der Waals surface area contributed by atoms with Gasteiger partial charge >= 0.3 is 0 Å². The summed E-state index contributed by atoms with van der Waals surface area (Å²) >= 11 is 0. The van der Waals surface area contributed by atoms with Crippen molar-refractivity contribution in [3.8, 4) is 0 Å². The van der Waals surface area contributed by atoms with E-state index in [0.717, 1.165) is 11.9 Å². The Bertz CT molecular complexity index is 280. The zero-order valence-electron chi connectivity index (χ0n) is 8.24. The number of nitrogens with two attached hydrogens (primary N) is 1. The van der Waals surface area contributed by atoms with Crippen LogP contribution in [0.15, 0.2) is 35.5 Å². The van der Waals surface area contributed by atoms with Crippen LogP contribution in [0.1, 0.15) is 11.9 Å². The molecule has 2 rings (SSSR count). The van der Waals surface area contributed by atoms with E-state index in [1.165, 1.54) is 0 Å². The molecular formula is C10H14N2O3. The molecule has 1 aliphatic heterocycles. The van der Waals surface area contributed by atoms with Gasteiger partial charge in [0.05, 0.1) is 13.2 Å². The summed E-state index contributed by atoms with van der Waals surface area (Å²) in [6, 6.07) is 9.98. The lowest BCUT2D eigenvalue weighted by Crippen LogP contribution is -1.96. The molecule has 3 N–H and O–H groups in total. The van der Waals surface area contributed by atoms with E-state index in [2.05, 4.69) is 10.9 Å². The molecule has 1 heterocycles. The van der Waals surface area contributed by atoms with Crippen molar-refractivity contribution < 1.29 is 14.7 Å². The Balaban J connectivity index is 0.000000245. The molecule has 0 unspecified atom stereocenters. The molecule has 0 radical (unpaired) electrons. The minimum absolute atomic E-state index is 0.129. The predicted octanol–water partition coefficient (Wildman–Crippen LogP) is 1.09. The van der Waals surface area contributed by atoms with Crippen LogP contribution in [-0.2, 0) is 9.47 Å². The highest BCUT2D eigenvalue weighted by molar-refractivity contribution is 5.49. The number of oxime groups is 1. The smallest absolute Gasteiger partial charge is 0.184 e. The summed E-state index contributed by atoms with van der Waals surface area (Å²) in [5, 5.41) is 9.71. The fraction of sp³-hybridized carbons (Fsp3) is 0.300. The normalized spacial score (nSPS) is 16.3. The van der Waals surface area contributed by atoms with E-state index in [4.69, 9.17) is 14.7 Å². The van der Waals surface area contributed by atoms with Crippen molar-refractivity contribution in [1.82, 2.24) is 0 Å². The molecule has 5 nitrogen and oxygen atoms in total. The molecule has 15 heavy (non-hydrogen) atoms. The molecule has 0 aliphatic carbocycles. The maximum Gasteiger partial charge on any atom is 0.184 e. The fourth-order valence-corrected chi connectivity index (χ4v) is 1.16. The third-order valence-electron chi connectivity index (χ3n) is 1.76. The molecule has 1 aromatic rings. The molecule has 1 saturated heterocycles. The monoisotopic (exact) mass is 210 g/mol. The standard InChI is InChI=1S/C9H10O2.CH4N2O/c1-2-4-8(5-3-1)9-10-6-7-11-9;2-1-3-4/h1-5,9H,6-7H2;1,4H,(H2,2,3). The van der Waals surface area contributed by atoms with Crippen molar-refractivity contribution in [2.45, 2.75) is 6.29 Å². The summed E-state index contributed by atoms with van der Waals surface area (Å²) in [6.45, 7) is 1.42. The molecule has 1 fully saturated rings. The van der Waals surface area contributed by atoms with Crippen LogP contribution in [0.4, 0.5) is 0 Å². The van der Waals surface area contributed by atoms with E-state index < -0.39 is 0 Å². The Morgan fingerprint density at radius 1 is 1.27 bits per heavy atom. The van der Waals surface area contributed by atoms with Crippen LogP contribution in [0.2, 0.25) is 0 Å². The van der Waals surface area contributed by atoms with E-state index in [1.807, 2.05) is 30.3 Å². The van der Waals surface area contributed by atoms with E-state index in [-0.39, 0.29) is 6.29 Å². The number of nitrogens with zero attached hydrogens (tertiary/aromatic N) is 1. The minimum Gasteiger partial charge on any atom is -0.410 e.